The maximum atomic E-state index is 10.2. The van der Waals surface area contributed by atoms with E-state index in [1.54, 1.807) is 0 Å². The Morgan fingerprint density at radius 3 is 2.50 bits per heavy atom. The van der Waals surface area contributed by atoms with Crippen molar-refractivity contribution in [1.82, 2.24) is 0 Å². The molecular weight excluding hydrogens is 224 g/mol. The van der Waals surface area contributed by atoms with Crippen molar-refractivity contribution in [3.8, 4) is 5.75 Å². The van der Waals surface area contributed by atoms with Crippen molar-refractivity contribution in [2.24, 2.45) is 0 Å². The van der Waals surface area contributed by atoms with E-state index in [4.69, 9.17) is 16.3 Å². The molecule has 88 valence electrons. The Hall–Kier alpha value is -0.730. The molecule has 0 aliphatic heterocycles. The molecule has 1 fully saturated rings. The standard InChI is InChI=1S/C13H17ClO2/c1-9(2)16-12-5-4-10(8-11(12)14)13(15)6-3-7-13/h4-5,8-9,15H,3,6-7H2,1-2H3. The summed E-state index contributed by atoms with van der Waals surface area (Å²) >= 11 is 6.12. The number of hydrogen-bond acceptors (Lipinski definition) is 2. The first kappa shape index (κ1) is 11.7. The summed E-state index contributed by atoms with van der Waals surface area (Å²) in [6, 6.07) is 5.56. The van der Waals surface area contributed by atoms with Gasteiger partial charge in [-0.25, -0.2) is 0 Å². The topological polar surface area (TPSA) is 29.5 Å². The highest BCUT2D eigenvalue weighted by Crippen LogP contribution is 2.42. The zero-order valence-corrected chi connectivity index (χ0v) is 10.4. The van der Waals surface area contributed by atoms with Gasteiger partial charge in [0.1, 0.15) is 5.75 Å². The molecular formula is C13H17ClO2. The van der Waals surface area contributed by atoms with E-state index in [2.05, 4.69) is 0 Å². The zero-order valence-electron chi connectivity index (χ0n) is 9.66. The number of hydrogen-bond donors (Lipinski definition) is 1. The van der Waals surface area contributed by atoms with Crippen LogP contribution in [0, 0.1) is 0 Å². The molecule has 3 heteroatoms. The molecule has 0 bridgehead atoms. The summed E-state index contributed by atoms with van der Waals surface area (Å²) in [5.74, 6) is 0.684. The Balaban J connectivity index is 2.22. The fourth-order valence-electron chi connectivity index (χ4n) is 1.94. The lowest BCUT2D eigenvalue weighted by molar-refractivity contribution is -0.0388. The summed E-state index contributed by atoms with van der Waals surface area (Å²) in [5.41, 5.74) is 0.250. The highest BCUT2D eigenvalue weighted by atomic mass is 35.5. The van der Waals surface area contributed by atoms with Gasteiger partial charge in [0.05, 0.1) is 16.7 Å². The molecule has 1 saturated carbocycles. The minimum atomic E-state index is -0.653. The monoisotopic (exact) mass is 240 g/mol. The predicted octanol–water partition coefficient (Wildman–Crippen LogP) is 3.50. The summed E-state index contributed by atoms with van der Waals surface area (Å²) in [7, 11) is 0. The van der Waals surface area contributed by atoms with Gasteiger partial charge in [-0.3, -0.25) is 0 Å². The molecule has 0 spiro atoms. The largest absolute Gasteiger partial charge is 0.489 e. The minimum Gasteiger partial charge on any atom is -0.489 e. The van der Waals surface area contributed by atoms with Gasteiger partial charge >= 0.3 is 0 Å². The molecule has 0 unspecified atom stereocenters. The second-order valence-corrected chi connectivity index (χ2v) is 5.10. The first-order valence-electron chi connectivity index (χ1n) is 5.70. The minimum absolute atomic E-state index is 0.107. The van der Waals surface area contributed by atoms with Gasteiger partial charge in [-0.05, 0) is 50.8 Å². The molecule has 1 aliphatic carbocycles. The van der Waals surface area contributed by atoms with Crippen LogP contribution >= 0.6 is 11.6 Å². The highest BCUT2D eigenvalue weighted by molar-refractivity contribution is 6.32. The van der Waals surface area contributed by atoms with Gasteiger partial charge in [0, 0.05) is 0 Å². The molecule has 0 aromatic heterocycles. The van der Waals surface area contributed by atoms with Crippen molar-refractivity contribution in [2.75, 3.05) is 0 Å². The summed E-state index contributed by atoms with van der Waals surface area (Å²) in [4.78, 5) is 0. The molecule has 0 heterocycles. The van der Waals surface area contributed by atoms with E-state index in [-0.39, 0.29) is 6.10 Å². The Labute approximate surface area is 101 Å². The Morgan fingerprint density at radius 2 is 2.06 bits per heavy atom. The van der Waals surface area contributed by atoms with Crippen molar-refractivity contribution in [2.45, 2.75) is 44.8 Å². The lowest BCUT2D eigenvalue weighted by Gasteiger charge is -2.37. The van der Waals surface area contributed by atoms with Crippen molar-refractivity contribution >= 4 is 11.6 Å². The number of aliphatic hydroxyl groups is 1. The van der Waals surface area contributed by atoms with Gasteiger partial charge < -0.3 is 9.84 Å². The second kappa shape index (κ2) is 4.27. The Kier molecular flexibility index (Phi) is 3.13. The maximum absolute atomic E-state index is 10.2. The number of rotatable bonds is 3. The second-order valence-electron chi connectivity index (χ2n) is 4.70. The molecule has 16 heavy (non-hydrogen) atoms. The fourth-order valence-corrected chi connectivity index (χ4v) is 2.17. The van der Waals surface area contributed by atoms with Gasteiger partial charge in [0.2, 0.25) is 0 Å². The summed E-state index contributed by atoms with van der Waals surface area (Å²) in [5, 5.41) is 10.8. The molecule has 1 aromatic carbocycles. The van der Waals surface area contributed by atoms with Crippen molar-refractivity contribution in [3.63, 3.8) is 0 Å². The third-order valence-corrected chi connectivity index (χ3v) is 3.31. The van der Waals surface area contributed by atoms with Crippen LogP contribution in [0.3, 0.4) is 0 Å². The first-order chi connectivity index (χ1) is 7.51. The van der Waals surface area contributed by atoms with Gasteiger partial charge in [0.25, 0.3) is 0 Å². The van der Waals surface area contributed by atoms with Crippen LogP contribution in [-0.2, 0) is 5.60 Å². The number of ether oxygens (including phenoxy) is 1. The van der Waals surface area contributed by atoms with E-state index in [0.29, 0.717) is 10.8 Å². The van der Waals surface area contributed by atoms with Crippen LogP contribution in [0.25, 0.3) is 0 Å². The third-order valence-electron chi connectivity index (χ3n) is 3.01. The summed E-state index contributed by atoms with van der Waals surface area (Å²) < 4.78 is 5.55. The molecule has 0 atom stereocenters. The van der Waals surface area contributed by atoms with Crippen LogP contribution in [-0.4, -0.2) is 11.2 Å². The normalized spacial score (nSPS) is 18.3. The highest BCUT2D eigenvalue weighted by Gasteiger charge is 2.36. The molecule has 1 aromatic rings. The smallest absolute Gasteiger partial charge is 0.138 e. The van der Waals surface area contributed by atoms with E-state index in [1.807, 2.05) is 32.0 Å². The van der Waals surface area contributed by atoms with Crippen molar-refractivity contribution < 1.29 is 9.84 Å². The third kappa shape index (κ3) is 2.18. The van der Waals surface area contributed by atoms with Gasteiger partial charge in [-0.15, -0.1) is 0 Å². The van der Waals surface area contributed by atoms with E-state index in [1.165, 1.54) is 0 Å². The lowest BCUT2D eigenvalue weighted by Crippen LogP contribution is -2.33. The first-order valence-corrected chi connectivity index (χ1v) is 6.08. The number of benzene rings is 1. The quantitative estimate of drug-likeness (QED) is 0.876. The summed E-state index contributed by atoms with van der Waals surface area (Å²) in [6.07, 6.45) is 2.84. The SMILES string of the molecule is CC(C)Oc1ccc(C2(O)CCC2)cc1Cl. The molecule has 2 nitrogen and oxygen atoms in total. The molecule has 1 N–H and O–H groups in total. The van der Waals surface area contributed by atoms with E-state index < -0.39 is 5.60 Å². The molecule has 2 rings (SSSR count). The summed E-state index contributed by atoms with van der Waals surface area (Å²) in [6.45, 7) is 3.92. The van der Waals surface area contributed by atoms with Crippen LogP contribution in [0.4, 0.5) is 0 Å². The molecule has 0 saturated heterocycles. The van der Waals surface area contributed by atoms with Crippen LogP contribution < -0.4 is 4.74 Å². The van der Waals surface area contributed by atoms with Crippen LogP contribution in [0.2, 0.25) is 5.02 Å². The fraction of sp³-hybridized carbons (Fsp3) is 0.538. The Morgan fingerprint density at radius 1 is 1.38 bits per heavy atom. The lowest BCUT2D eigenvalue weighted by atomic mass is 9.75. The van der Waals surface area contributed by atoms with Crippen LogP contribution in [0.15, 0.2) is 18.2 Å². The van der Waals surface area contributed by atoms with Crippen LogP contribution in [0.5, 0.6) is 5.75 Å². The zero-order chi connectivity index (χ0) is 11.8. The van der Waals surface area contributed by atoms with Gasteiger partial charge in [-0.1, -0.05) is 17.7 Å². The number of halogens is 1. The average molecular weight is 241 g/mol. The van der Waals surface area contributed by atoms with Crippen molar-refractivity contribution in [3.05, 3.63) is 28.8 Å². The Bertz CT molecular complexity index is 384. The molecule has 1 aliphatic rings. The van der Waals surface area contributed by atoms with Crippen LogP contribution in [0.1, 0.15) is 38.7 Å². The van der Waals surface area contributed by atoms with Gasteiger partial charge in [0.15, 0.2) is 0 Å². The maximum Gasteiger partial charge on any atom is 0.138 e. The van der Waals surface area contributed by atoms with Crippen molar-refractivity contribution in [1.29, 1.82) is 0 Å². The van der Waals surface area contributed by atoms with E-state index >= 15 is 0 Å². The molecule has 0 radical (unpaired) electrons. The molecule has 0 amide bonds. The van der Waals surface area contributed by atoms with E-state index in [0.717, 1.165) is 24.8 Å². The average Bonchev–Trinajstić information content (AvgIpc) is 2.17. The predicted molar refractivity (Wildman–Crippen MR) is 65.0 cm³/mol. The van der Waals surface area contributed by atoms with E-state index in [9.17, 15) is 5.11 Å². The van der Waals surface area contributed by atoms with Gasteiger partial charge in [-0.2, -0.15) is 0 Å².